The van der Waals surface area contributed by atoms with E-state index in [1.54, 1.807) is 7.11 Å². The number of aryl methyl sites for hydroxylation is 1. The molecule has 1 heterocycles. The van der Waals surface area contributed by atoms with Crippen LogP contribution < -0.4 is 0 Å². The van der Waals surface area contributed by atoms with Crippen molar-refractivity contribution in [3.8, 4) is 0 Å². The monoisotopic (exact) mass is 197 g/mol. The summed E-state index contributed by atoms with van der Waals surface area (Å²) in [5, 5.41) is 8.88. The van der Waals surface area contributed by atoms with Gasteiger partial charge in [0.25, 0.3) is 0 Å². The fourth-order valence-electron chi connectivity index (χ4n) is 1.70. The number of carboxylic acids is 1. The standard InChI is InChI=1S/C9H11NO4/c1-13-4-7-10-6-3-2-5(9(11)12)8(6)14-7/h5H,2-4H2,1H3,(H,11,12). The van der Waals surface area contributed by atoms with E-state index in [0.29, 0.717) is 31.1 Å². The highest BCUT2D eigenvalue weighted by Crippen LogP contribution is 2.33. The van der Waals surface area contributed by atoms with Crippen molar-refractivity contribution in [3.63, 3.8) is 0 Å². The normalized spacial score (nSPS) is 19.6. The highest BCUT2D eigenvalue weighted by atomic mass is 16.5. The number of fused-ring (bicyclic) bond motifs is 1. The fourth-order valence-corrected chi connectivity index (χ4v) is 1.70. The zero-order chi connectivity index (χ0) is 10.1. The second-order valence-electron chi connectivity index (χ2n) is 3.28. The Morgan fingerprint density at radius 2 is 2.57 bits per heavy atom. The summed E-state index contributed by atoms with van der Waals surface area (Å²) in [6.45, 7) is 0.291. The third-order valence-corrected chi connectivity index (χ3v) is 2.32. The van der Waals surface area contributed by atoms with E-state index in [4.69, 9.17) is 14.3 Å². The second-order valence-corrected chi connectivity index (χ2v) is 3.28. The minimum atomic E-state index is -0.844. The first kappa shape index (κ1) is 9.21. The van der Waals surface area contributed by atoms with Gasteiger partial charge in [0, 0.05) is 7.11 Å². The van der Waals surface area contributed by atoms with Crippen LogP contribution in [-0.4, -0.2) is 23.2 Å². The zero-order valence-corrected chi connectivity index (χ0v) is 7.82. The number of hydrogen-bond acceptors (Lipinski definition) is 4. The van der Waals surface area contributed by atoms with E-state index in [1.165, 1.54) is 0 Å². The molecule has 5 nitrogen and oxygen atoms in total. The van der Waals surface area contributed by atoms with Crippen molar-refractivity contribution in [2.75, 3.05) is 7.11 Å². The quantitative estimate of drug-likeness (QED) is 0.780. The van der Waals surface area contributed by atoms with Crippen LogP contribution in [0.2, 0.25) is 0 Å². The molecule has 14 heavy (non-hydrogen) atoms. The second kappa shape index (κ2) is 3.42. The lowest BCUT2D eigenvalue weighted by Gasteiger charge is -2.00. The average molecular weight is 197 g/mol. The van der Waals surface area contributed by atoms with Crippen LogP contribution in [0.4, 0.5) is 0 Å². The van der Waals surface area contributed by atoms with E-state index in [-0.39, 0.29) is 0 Å². The molecular weight excluding hydrogens is 186 g/mol. The Morgan fingerprint density at radius 1 is 1.79 bits per heavy atom. The molecule has 0 fully saturated rings. The third kappa shape index (κ3) is 1.39. The Labute approximate surface area is 80.7 Å². The number of rotatable bonds is 3. The SMILES string of the molecule is COCc1nc2c(o1)C(C(=O)O)CC2. The summed E-state index contributed by atoms with van der Waals surface area (Å²) in [5.74, 6) is -0.403. The molecule has 1 N–H and O–H groups in total. The van der Waals surface area contributed by atoms with Crippen LogP contribution in [-0.2, 0) is 22.6 Å². The van der Waals surface area contributed by atoms with Crippen molar-refractivity contribution in [1.82, 2.24) is 4.98 Å². The summed E-state index contributed by atoms with van der Waals surface area (Å²) in [7, 11) is 1.55. The molecule has 0 bridgehead atoms. The molecule has 0 aliphatic heterocycles. The van der Waals surface area contributed by atoms with Gasteiger partial charge in [0.05, 0.1) is 5.69 Å². The molecule has 0 amide bonds. The molecular formula is C9H11NO4. The van der Waals surface area contributed by atoms with Crippen LogP contribution in [0.25, 0.3) is 0 Å². The Bertz CT molecular complexity index is 358. The predicted molar refractivity (Wildman–Crippen MR) is 45.9 cm³/mol. The number of ether oxygens (including phenoxy) is 1. The Hall–Kier alpha value is -1.36. The average Bonchev–Trinajstić information content (AvgIpc) is 2.62. The molecule has 0 spiro atoms. The van der Waals surface area contributed by atoms with Gasteiger partial charge in [0.15, 0.2) is 0 Å². The summed E-state index contributed by atoms with van der Waals surface area (Å²) >= 11 is 0. The molecule has 0 radical (unpaired) electrons. The van der Waals surface area contributed by atoms with E-state index in [9.17, 15) is 4.79 Å². The van der Waals surface area contributed by atoms with Gasteiger partial charge in [-0.3, -0.25) is 4.79 Å². The van der Waals surface area contributed by atoms with Gasteiger partial charge in [0.2, 0.25) is 5.89 Å². The summed E-state index contributed by atoms with van der Waals surface area (Å²) in [6.07, 6.45) is 1.27. The first-order valence-electron chi connectivity index (χ1n) is 4.42. The van der Waals surface area contributed by atoms with Crippen LogP contribution in [0.5, 0.6) is 0 Å². The molecule has 1 aliphatic rings. The number of hydrogen-bond donors (Lipinski definition) is 1. The van der Waals surface area contributed by atoms with Crippen molar-refractivity contribution in [2.45, 2.75) is 25.4 Å². The smallest absolute Gasteiger partial charge is 0.314 e. The molecule has 1 aromatic heterocycles. The maximum absolute atomic E-state index is 10.8. The summed E-state index contributed by atoms with van der Waals surface area (Å²) in [5.41, 5.74) is 0.768. The summed E-state index contributed by atoms with van der Waals surface area (Å²) < 4.78 is 10.2. The maximum atomic E-state index is 10.8. The number of carboxylic acid groups (broad SMARTS) is 1. The van der Waals surface area contributed by atoms with E-state index < -0.39 is 11.9 Å². The lowest BCUT2D eigenvalue weighted by Crippen LogP contribution is -2.07. The van der Waals surface area contributed by atoms with Crippen molar-refractivity contribution in [2.24, 2.45) is 0 Å². The fraction of sp³-hybridized carbons (Fsp3) is 0.556. The highest BCUT2D eigenvalue weighted by Gasteiger charge is 2.33. The first-order chi connectivity index (χ1) is 6.72. The van der Waals surface area contributed by atoms with E-state index in [0.717, 1.165) is 5.69 Å². The number of oxazole rings is 1. The molecule has 0 aromatic carbocycles. The van der Waals surface area contributed by atoms with Crippen molar-refractivity contribution in [3.05, 3.63) is 17.3 Å². The molecule has 5 heteroatoms. The minimum Gasteiger partial charge on any atom is -0.481 e. The Kier molecular flexibility index (Phi) is 2.25. The molecule has 1 atom stereocenters. The maximum Gasteiger partial charge on any atom is 0.314 e. The summed E-state index contributed by atoms with van der Waals surface area (Å²) in [6, 6.07) is 0. The van der Waals surface area contributed by atoms with Crippen LogP contribution in [0, 0.1) is 0 Å². The van der Waals surface area contributed by atoms with Gasteiger partial charge in [-0.05, 0) is 12.8 Å². The van der Waals surface area contributed by atoms with Crippen LogP contribution in [0.15, 0.2) is 4.42 Å². The number of aromatic nitrogens is 1. The van der Waals surface area contributed by atoms with E-state index in [1.807, 2.05) is 0 Å². The van der Waals surface area contributed by atoms with Gasteiger partial charge in [-0.1, -0.05) is 0 Å². The zero-order valence-electron chi connectivity index (χ0n) is 7.82. The van der Waals surface area contributed by atoms with E-state index >= 15 is 0 Å². The number of carbonyl (C=O) groups is 1. The highest BCUT2D eigenvalue weighted by molar-refractivity contribution is 5.76. The van der Waals surface area contributed by atoms with Crippen molar-refractivity contribution in [1.29, 1.82) is 0 Å². The number of methoxy groups -OCH3 is 1. The Morgan fingerprint density at radius 3 is 3.21 bits per heavy atom. The van der Waals surface area contributed by atoms with Gasteiger partial charge in [-0.25, -0.2) is 4.98 Å². The first-order valence-corrected chi connectivity index (χ1v) is 4.42. The van der Waals surface area contributed by atoms with Gasteiger partial charge < -0.3 is 14.3 Å². The number of nitrogens with zero attached hydrogens (tertiary/aromatic N) is 1. The largest absolute Gasteiger partial charge is 0.481 e. The predicted octanol–water partition coefficient (Wildman–Crippen LogP) is 0.935. The Balaban J connectivity index is 2.26. The van der Waals surface area contributed by atoms with Gasteiger partial charge in [-0.2, -0.15) is 0 Å². The van der Waals surface area contributed by atoms with Crippen LogP contribution >= 0.6 is 0 Å². The molecule has 1 unspecified atom stereocenters. The molecule has 1 aliphatic carbocycles. The molecule has 0 saturated carbocycles. The van der Waals surface area contributed by atoms with Crippen molar-refractivity contribution < 1.29 is 19.1 Å². The van der Waals surface area contributed by atoms with E-state index in [2.05, 4.69) is 4.98 Å². The van der Waals surface area contributed by atoms with Crippen LogP contribution in [0.3, 0.4) is 0 Å². The molecule has 76 valence electrons. The lowest BCUT2D eigenvalue weighted by atomic mass is 10.1. The van der Waals surface area contributed by atoms with Crippen molar-refractivity contribution >= 4 is 5.97 Å². The van der Waals surface area contributed by atoms with Gasteiger partial charge >= 0.3 is 5.97 Å². The van der Waals surface area contributed by atoms with Gasteiger partial charge in [0.1, 0.15) is 18.3 Å². The third-order valence-electron chi connectivity index (χ3n) is 2.32. The van der Waals surface area contributed by atoms with Crippen LogP contribution in [0.1, 0.15) is 29.7 Å². The molecule has 0 saturated heterocycles. The van der Waals surface area contributed by atoms with Gasteiger partial charge in [-0.15, -0.1) is 0 Å². The summed E-state index contributed by atoms with van der Waals surface area (Å²) in [4.78, 5) is 15.0. The number of aliphatic carboxylic acids is 1. The molecule has 1 aromatic rings. The lowest BCUT2D eigenvalue weighted by molar-refractivity contribution is -0.139. The molecule has 2 rings (SSSR count). The minimum absolute atomic E-state index is 0.291. The topological polar surface area (TPSA) is 72.6 Å².